The van der Waals surface area contributed by atoms with Gasteiger partial charge in [-0.15, -0.1) is 0 Å². The van der Waals surface area contributed by atoms with Crippen LogP contribution in [0.3, 0.4) is 0 Å². The predicted molar refractivity (Wildman–Crippen MR) is 90.6 cm³/mol. The number of nitrogens with zero attached hydrogens (tertiary/aromatic N) is 2. The summed E-state index contributed by atoms with van der Waals surface area (Å²) in [5, 5.41) is 6.92. The van der Waals surface area contributed by atoms with Crippen molar-refractivity contribution >= 4 is 5.91 Å². The van der Waals surface area contributed by atoms with Gasteiger partial charge in [0, 0.05) is 18.9 Å². The number of aromatic nitrogens is 2. The molecule has 1 heterocycles. The third kappa shape index (κ3) is 4.30. The molecule has 0 radical (unpaired) electrons. The number of benzene rings is 2. The molecule has 26 heavy (non-hydrogen) atoms. The van der Waals surface area contributed by atoms with Gasteiger partial charge in [-0.2, -0.15) is 18.3 Å². The minimum absolute atomic E-state index is 0.117. The van der Waals surface area contributed by atoms with E-state index in [0.717, 1.165) is 23.4 Å². The summed E-state index contributed by atoms with van der Waals surface area (Å²) in [5.74, 6) is -0.348. The van der Waals surface area contributed by atoms with E-state index < -0.39 is 11.7 Å². The zero-order valence-electron chi connectivity index (χ0n) is 13.7. The van der Waals surface area contributed by atoms with Gasteiger partial charge in [0.15, 0.2) is 0 Å². The van der Waals surface area contributed by atoms with Crippen molar-refractivity contribution in [1.82, 2.24) is 15.1 Å². The molecular formula is C19H16F3N3O. The normalized spacial score (nSPS) is 11.3. The SMILES string of the molecule is O=C(Cc1cccc(C(F)(F)F)c1)NCc1ccccc1-n1cccn1. The van der Waals surface area contributed by atoms with Crippen molar-refractivity contribution in [1.29, 1.82) is 0 Å². The average molecular weight is 359 g/mol. The number of hydrogen-bond donors (Lipinski definition) is 1. The van der Waals surface area contributed by atoms with Gasteiger partial charge >= 0.3 is 6.18 Å². The highest BCUT2D eigenvalue weighted by atomic mass is 19.4. The summed E-state index contributed by atoms with van der Waals surface area (Å²) < 4.78 is 39.9. The molecule has 0 fully saturated rings. The first-order valence-electron chi connectivity index (χ1n) is 7.94. The molecule has 1 N–H and O–H groups in total. The Hall–Kier alpha value is -3.09. The summed E-state index contributed by atoms with van der Waals surface area (Å²) in [6.45, 7) is 0.258. The number of amides is 1. The molecule has 3 aromatic rings. The lowest BCUT2D eigenvalue weighted by molar-refractivity contribution is -0.137. The molecule has 0 aliphatic heterocycles. The van der Waals surface area contributed by atoms with Gasteiger partial charge in [-0.05, 0) is 29.3 Å². The van der Waals surface area contributed by atoms with Gasteiger partial charge < -0.3 is 5.32 Å². The summed E-state index contributed by atoms with van der Waals surface area (Å²) in [7, 11) is 0. The van der Waals surface area contributed by atoms with E-state index in [1.54, 1.807) is 23.1 Å². The maximum Gasteiger partial charge on any atom is 0.416 e. The summed E-state index contributed by atoms with van der Waals surface area (Å²) >= 11 is 0. The minimum Gasteiger partial charge on any atom is -0.352 e. The van der Waals surface area contributed by atoms with Crippen molar-refractivity contribution in [3.63, 3.8) is 0 Å². The topological polar surface area (TPSA) is 46.9 Å². The zero-order chi connectivity index (χ0) is 18.6. The minimum atomic E-state index is -4.42. The van der Waals surface area contributed by atoms with Gasteiger partial charge in [0.05, 0.1) is 17.7 Å². The van der Waals surface area contributed by atoms with Crippen LogP contribution in [0.2, 0.25) is 0 Å². The van der Waals surface area contributed by atoms with Crippen LogP contribution in [0.4, 0.5) is 13.2 Å². The van der Waals surface area contributed by atoms with E-state index in [2.05, 4.69) is 10.4 Å². The lowest BCUT2D eigenvalue weighted by Gasteiger charge is -2.11. The van der Waals surface area contributed by atoms with Crippen LogP contribution in [-0.2, 0) is 23.9 Å². The molecule has 1 amide bonds. The second kappa shape index (κ2) is 7.43. The van der Waals surface area contributed by atoms with Gasteiger partial charge in [0.1, 0.15) is 0 Å². The number of halogens is 3. The molecule has 134 valence electrons. The molecule has 0 spiro atoms. The standard InChI is InChI=1S/C19H16F3N3O/c20-19(21,22)16-7-3-5-14(11-16)12-18(26)23-13-15-6-1-2-8-17(15)25-10-4-9-24-25/h1-11H,12-13H2,(H,23,26). The molecule has 2 aromatic carbocycles. The van der Waals surface area contributed by atoms with Crippen molar-refractivity contribution in [3.8, 4) is 5.69 Å². The van der Waals surface area contributed by atoms with Crippen LogP contribution in [0.1, 0.15) is 16.7 Å². The van der Waals surface area contributed by atoms with E-state index in [-0.39, 0.29) is 18.9 Å². The van der Waals surface area contributed by atoms with Gasteiger partial charge in [-0.25, -0.2) is 4.68 Å². The summed E-state index contributed by atoms with van der Waals surface area (Å²) in [6, 6.07) is 14.0. The van der Waals surface area contributed by atoms with E-state index in [1.807, 2.05) is 24.3 Å². The van der Waals surface area contributed by atoms with Crippen molar-refractivity contribution < 1.29 is 18.0 Å². The number of para-hydroxylation sites is 1. The van der Waals surface area contributed by atoms with Crippen LogP contribution in [-0.4, -0.2) is 15.7 Å². The monoisotopic (exact) mass is 359 g/mol. The molecule has 0 aliphatic carbocycles. The molecule has 3 rings (SSSR count). The zero-order valence-corrected chi connectivity index (χ0v) is 13.7. The van der Waals surface area contributed by atoms with Crippen molar-refractivity contribution in [2.24, 2.45) is 0 Å². The van der Waals surface area contributed by atoms with E-state index in [0.29, 0.717) is 5.56 Å². The number of rotatable bonds is 5. The second-order valence-electron chi connectivity index (χ2n) is 5.73. The molecule has 1 aromatic heterocycles. The highest BCUT2D eigenvalue weighted by Crippen LogP contribution is 2.29. The maximum atomic E-state index is 12.7. The van der Waals surface area contributed by atoms with Crippen LogP contribution in [0.5, 0.6) is 0 Å². The Morgan fingerprint density at radius 2 is 1.88 bits per heavy atom. The Kier molecular flexibility index (Phi) is 5.06. The first-order valence-corrected chi connectivity index (χ1v) is 7.94. The molecule has 0 unspecified atom stereocenters. The van der Waals surface area contributed by atoms with E-state index >= 15 is 0 Å². The van der Waals surface area contributed by atoms with E-state index in [9.17, 15) is 18.0 Å². The number of alkyl halides is 3. The number of nitrogens with one attached hydrogen (secondary N) is 1. The molecule has 0 saturated heterocycles. The first-order chi connectivity index (χ1) is 12.4. The van der Waals surface area contributed by atoms with Crippen LogP contribution >= 0.6 is 0 Å². The van der Waals surface area contributed by atoms with Gasteiger partial charge in [0.25, 0.3) is 0 Å². The molecule has 4 nitrogen and oxygen atoms in total. The quantitative estimate of drug-likeness (QED) is 0.754. The Bertz CT molecular complexity index is 889. The van der Waals surface area contributed by atoms with E-state index in [4.69, 9.17) is 0 Å². The Morgan fingerprint density at radius 3 is 2.62 bits per heavy atom. The summed E-state index contributed by atoms with van der Waals surface area (Å²) in [6.07, 6.45) is -1.09. The van der Waals surface area contributed by atoms with Crippen LogP contribution < -0.4 is 5.32 Å². The molecule has 0 bridgehead atoms. The molecular weight excluding hydrogens is 343 g/mol. The number of carbonyl (C=O) groups is 1. The molecule has 0 atom stereocenters. The lowest BCUT2D eigenvalue weighted by Crippen LogP contribution is -2.25. The Labute approximate surface area is 148 Å². The second-order valence-corrected chi connectivity index (χ2v) is 5.73. The highest BCUT2D eigenvalue weighted by Gasteiger charge is 2.30. The fourth-order valence-corrected chi connectivity index (χ4v) is 2.59. The predicted octanol–water partition coefficient (Wildman–Crippen LogP) is 3.75. The van der Waals surface area contributed by atoms with Gasteiger partial charge in [0.2, 0.25) is 5.91 Å². The maximum absolute atomic E-state index is 12.7. The molecule has 7 heteroatoms. The van der Waals surface area contributed by atoms with Crippen molar-refractivity contribution in [3.05, 3.63) is 83.7 Å². The molecule has 0 saturated carbocycles. The molecule has 0 aliphatic rings. The largest absolute Gasteiger partial charge is 0.416 e. The van der Waals surface area contributed by atoms with Gasteiger partial charge in [-0.1, -0.05) is 36.4 Å². The van der Waals surface area contributed by atoms with Crippen LogP contribution in [0.15, 0.2) is 67.0 Å². The lowest BCUT2D eigenvalue weighted by atomic mass is 10.1. The highest BCUT2D eigenvalue weighted by molar-refractivity contribution is 5.78. The third-order valence-corrected chi connectivity index (χ3v) is 3.84. The van der Waals surface area contributed by atoms with Crippen LogP contribution in [0, 0.1) is 0 Å². The number of hydrogen-bond acceptors (Lipinski definition) is 2. The first kappa shape index (κ1) is 17.7. The Morgan fingerprint density at radius 1 is 1.08 bits per heavy atom. The smallest absolute Gasteiger partial charge is 0.352 e. The summed E-state index contributed by atoms with van der Waals surface area (Å²) in [5.41, 5.74) is 1.25. The van der Waals surface area contributed by atoms with Crippen LogP contribution in [0.25, 0.3) is 5.69 Å². The average Bonchev–Trinajstić information content (AvgIpc) is 3.14. The third-order valence-electron chi connectivity index (χ3n) is 3.84. The van der Waals surface area contributed by atoms with Crippen molar-refractivity contribution in [2.45, 2.75) is 19.1 Å². The Balaban J connectivity index is 1.66. The fraction of sp³-hybridized carbons (Fsp3) is 0.158. The summed E-state index contributed by atoms with van der Waals surface area (Å²) in [4.78, 5) is 12.1. The van der Waals surface area contributed by atoms with E-state index in [1.165, 1.54) is 12.1 Å². The van der Waals surface area contributed by atoms with Crippen molar-refractivity contribution in [2.75, 3.05) is 0 Å². The fourth-order valence-electron chi connectivity index (χ4n) is 2.59. The number of carbonyl (C=O) groups excluding carboxylic acids is 1. The van der Waals surface area contributed by atoms with Gasteiger partial charge in [-0.3, -0.25) is 4.79 Å².